The van der Waals surface area contributed by atoms with E-state index in [2.05, 4.69) is 21.1 Å². The molecule has 0 aliphatic heterocycles. The molecule has 0 fully saturated rings. The number of nitrogens with two attached hydrogens (primary N) is 1. The second-order valence-corrected chi connectivity index (χ2v) is 5.70. The van der Waals surface area contributed by atoms with Crippen molar-refractivity contribution in [1.29, 1.82) is 0 Å². The van der Waals surface area contributed by atoms with Crippen LogP contribution < -0.4 is 5.73 Å². The van der Waals surface area contributed by atoms with E-state index in [0.29, 0.717) is 26.3 Å². The Hall–Kier alpha value is -1.85. The summed E-state index contributed by atoms with van der Waals surface area (Å²) in [5.74, 6) is -0.202. The van der Waals surface area contributed by atoms with Crippen molar-refractivity contribution in [3.8, 4) is 22.4 Å². The first-order chi connectivity index (χ1) is 10.1. The minimum absolute atomic E-state index is 0.177. The highest BCUT2D eigenvalue weighted by Crippen LogP contribution is 2.37. The van der Waals surface area contributed by atoms with Gasteiger partial charge in [0, 0.05) is 10.6 Å². The van der Waals surface area contributed by atoms with E-state index in [0.717, 1.165) is 5.56 Å². The third-order valence-electron chi connectivity index (χ3n) is 3.04. The third kappa shape index (κ3) is 2.66. The molecule has 2 N–H and O–H groups in total. The first-order valence-electron chi connectivity index (χ1n) is 6.03. The number of anilines is 1. The zero-order valence-corrected chi connectivity index (χ0v) is 13.0. The molecule has 0 unspecified atom stereocenters. The standard InChI is InChI=1S/C15H9BrClFN2O/c16-11-6-3-9(7-12(11)18)14-13(15(19)21-20-14)8-1-4-10(17)5-2-8/h1-7H,19H2. The minimum Gasteiger partial charge on any atom is -0.367 e. The number of nitrogens with zero attached hydrogens (tertiary/aromatic N) is 1. The molecule has 2 aromatic carbocycles. The summed E-state index contributed by atoms with van der Waals surface area (Å²) in [7, 11) is 0. The lowest BCUT2D eigenvalue weighted by atomic mass is 10.0. The minimum atomic E-state index is -0.379. The average molecular weight is 368 g/mol. The van der Waals surface area contributed by atoms with Gasteiger partial charge < -0.3 is 10.3 Å². The van der Waals surface area contributed by atoms with Gasteiger partial charge in [-0.25, -0.2) is 4.39 Å². The van der Waals surface area contributed by atoms with Gasteiger partial charge in [-0.05, 0) is 45.8 Å². The van der Waals surface area contributed by atoms with E-state index in [1.807, 2.05) is 12.1 Å². The van der Waals surface area contributed by atoms with Gasteiger partial charge in [-0.2, -0.15) is 0 Å². The van der Waals surface area contributed by atoms with Crippen molar-refractivity contribution in [3.05, 3.63) is 57.8 Å². The summed E-state index contributed by atoms with van der Waals surface area (Å²) < 4.78 is 19.2. The Morgan fingerprint density at radius 1 is 1.10 bits per heavy atom. The highest BCUT2D eigenvalue weighted by Gasteiger charge is 2.18. The molecule has 3 aromatic rings. The van der Waals surface area contributed by atoms with Gasteiger partial charge in [-0.1, -0.05) is 35.0 Å². The molecular weight excluding hydrogens is 359 g/mol. The van der Waals surface area contributed by atoms with Crippen LogP contribution in [0.3, 0.4) is 0 Å². The summed E-state index contributed by atoms with van der Waals surface area (Å²) in [5.41, 5.74) is 8.34. The normalized spacial score (nSPS) is 10.8. The summed E-state index contributed by atoms with van der Waals surface area (Å²) >= 11 is 9.00. The van der Waals surface area contributed by atoms with Crippen LogP contribution in [0.1, 0.15) is 0 Å². The van der Waals surface area contributed by atoms with Crippen LogP contribution in [0.25, 0.3) is 22.4 Å². The Morgan fingerprint density at radius 3 is 2.43 bits per heavy atom. The number of benzene rings is 2. The topological polar surface area (TPSA) is 52.0 Å². The van der Waals surface area contributed by atoms with Crippen LogP contribution in [0.5, 0.6) is 0 Å². The summed E-state index contributed by atoms with van der Waals surface area (Å²) in [6, 6.07) is 11.8. The first-order valence-corrected chi connectivity index (χ1v) is 7.20. The molecule has 6 heteroatoms. The maximum absolute atomic E-state index is 13.7. The van der Waals surface area contributed by atoms with Gasteiger partial charge >= 0.3 is 0 Å². The highest BCUT2D eigenvalue weighted by molar-refractivity contribution is 9.10. The number of halogens is 3. The molecule has 3 nitrogen and oxygen atoms in total. The zero-order valence-electron chi connectivity index (χ0n) is 10.6. The van der Waals surface area contributed by atoms with Crippen molar-refractivity contribution >= 4 is 33.4 Å². The van der Waals surface area contributed by atoms with Gasteiger partial charge in [0.05, 0.1) is 10.0 Å². The lowest BCUT2D eigenvalue weighted by Crippen LogP contribution is -1.88. The predicted molar refractivity (Wildman–Crippen MR) is 84.5 cm³/mol. The molecule has 0 bridgehead atoms. The van der Waals surface area contributed by atoms with Gasteiger partial charge in [-0.3, -0.25) is 0 Å². The molecule has 106 valence electrons. The Labute approximate surface area is 133 Å². The predicted octanol–water partition coefficient (Wildman–Crippen LogP) is 5.15. The molecule has 0 saturated heterocycles. The molecule has 0 saturated carbocycles. The molecule has 21 heavy (non-hydrogen) atoms. The van der Waals surface area contributed by atoms with Crippen LogP contribution in [-0.2, 0) is 0 Å². The lowest BCUT2D eigenvalue weighted by Gasteiger charge is -2.04. The van der Waals surface area contributed by atoms with E-state index in [9.17, 15) is 4.39 Å². The Balaban J connectivity index is 2.16. The van der Waals surface area contributed by atoms with Crippen LogP contribution in [0.15, 0.2) is 51.5 Å². The molecule has 0 radical (unpaired) electrons. The van der Waals surface area contributed by atoms with Crippen molar-refractivity contribution < 1.29 is 8.91 Å². The quantitative estimate of drug-likeness (QED) is 0.682. The van der Waals surface area contributed by atoms with Crippen molar-refractivity contribution in [2.45, 2.75) is 0 Å². The van der Waals surface area contributed by atoms with Crippen molar-refractivity contribution in [2.24, 2.45) is 0 Å². The molecule has 0 aliphatic carbocycles. The van der Waals surface area contributed by atoms with Gasteiger partial charge in [0.15, 0.2) is 0 Å². The van der Waals surface area contributed by atoms with E-state index < -0.39 is 0 Å². The fourth-order valence-corrected chi connectivity index (χ4v) is 2.41. The molecule has 0 amide bonds. The molecular formula is C15H9BrClFN2O. The summed E-state index contributed by atoms with van der Waals surface area (Å²) in [4.78, 5) is 0. The van der Waals surface area contributed by atoms with E-state index in [1.165, 1.54) is 6.07 Å². The lowest BCUT2D eigenvalue weighted by molar-refractivity contribution is 0.439. The van der Waals surface area contributed by atoms with Crippen LogP contribution in [0.4, 0.5) is 10.3 Å². The summed E-state index contributed by atoms with van der Waals surface area (Å²) in [5, 5.41) is 4.56. The molecule has 1 aromatic heterocycles. The van der Waals surface area contributed by atoms with Crippen LogP contribution in [0, 0.1) is 5.82 Å². The first kappa shape index (κ1) is 14.1. The third-order valence-corrected chi connectivity index (χ3v) is 3.94. The number of rotatable bonds is 2. The zero-order chi connectivity index (χ0) is 15.0. The Bertz CT molecular complexity index is 802. The fraction of sp³-hybridized carbons (Fsp3) is 0. The largest absolute Gasteiger partial charge is 0.367 e. The van der Waals surface area contributed by atoms with Gasteiger partial charge in [0.1, 0.15) is 11.5 Å². The Kier molecular flexibility index (Phi) is 3.69. The van der Waals surface area contributed by atoms with Crippen molar-refractivity contribution in [2.75, 3.05) is 5.73 Å². The smallest absolute Gasteiger partial charge is 0.230 e. The molecule has 1 heterocycles. The molecule has 0 aliphatic rings. The second-order valence-electron chi connectivity index (χ2n) is 4.41. The fourth-order valence-electron chi connectivity index (χ4n) is 2.04. The Morgan fingerprint density at radius 2 is 1.76 bits per heavy atom. The van der Waals surface area contributed by atoms with Crippen LogP contribution >= 0.6 is 27.5 Å². The maximum atomic E-state index is 13.7. The van der Waals surface area contributed by atoms with Gasteiger partial charge in [0.2, 0.25) is 5.88 Å². The van der Waals surface area contributed by atoms with Crippen molar-refractivity contribution in [1.82, 2.24) is 5.16 Å². The number of hydrogen-bond acceptors (Lipinski definition) is 3. The van der Waals surface area contributed by atoms with Crippen LogP contribution in [0.2, 0.25) is 5.02 Å². The summed E-state index contributed by atoms with van der Waals surface area (Å²) in [6.45, 7) is 0. The van der Waals surface area contributed by atoms with E-state index >= 15 is 0 Å². The van der Waals surface area contributed by atoms with E-state index in [1.54, 1.807) is 24.3 Å². The van der Waals surface area contributed by atoms with Gasteiger partial charge in [-0.15, -0.1) is 0 Å². The average Bonchev–Trinajstić information content (AvgIpc) is 2.85. The number of nitrogen functional groups attached to an aromatic ring is 1. The number of hydrogen-bond donors (Lipinski definition) is 1. The maximum Gasteiger partial charge on any atom is 0.230 e. The van der Waals surface area contributed by atoms with Crippen molar-refractivity contribution in [3.63, 3.8) is 0 Å². The monoisotopic (exact) mass is 366 g/mol. The number of aromatic nitrogens is 1. The second kappa shape index (κ2) is 5.50. The van der Waals surface area contributed by atoms with Gasteiger partial charge in [0.25, 0.3) is 0 Å². The SMILES string of the molecule is Nc1onc(-c2ccc(Br)c(F)c2)c1-c1ccc(Cl)cc1. The van der Waals surface area contributed by atoms with Crippen LogP contribution in [-0.4, -0.2) is 5.16 Å². The van der Waals surface area contributed by atoms with E-state index in [4.69, 9.17) is 21.9 Å². The molecule has 0 atom stereocenters. The summed E-state index contributed by atoms with van der Waals surface area (Å²) in [6.07, 6.45) is 0. The molecule has 3 rings (SSSR count). The highest BCUT2D eigenvalue weighted by atomic mass is 79.9. The molecule has 0 spiro atoms. The van der Waals surface area contributed by atoms with E-state index in [-0.39, 0.29) is 11.7 Å².